The van der Waals surface area contributed by atoms with Gasteiger partial charge < -0.3 is 14.8 Å². The Morgan fingerprint density at radius 1 is 1.53 bits per heavy atom. The maximum Gasteiger partial charge on any atom is 0.345 e. The number of rotatable bonds is 5. The van der Waals surface area contributed by atoms with Crippen LogP contribution in [0, 0.1) is 0 Å². The van der Waals surface area contributed by atoms with Gasteiger partial charge in [0.15, 0.2) is 0 Å². The van der Waals surface area contributed by atoms with E-state index < -0.39 is 12.1 Å². The van der Waals surface area contributed by atoms with Gasteiger partial charge in [0, 0.05) is 18.6 Å². The second kappa shape index (κ2) is 5.11. The summed E-state index contributed by atoms with van der Waals surface area (Å²) in [7, 11) is 0. The van der Waals surface area contributed by atoms with Gasteiger partial charge >= 0.3 is 5.97 Å². The fourth-order valence-corrected chi connectivity index (χ4v) is 1.35. The van der Waals surface area contributed by atoms with E-state index in [4.69, 9.17) is 9.84 Å². The Balaban J connectivity index is 2.06. The number of nitrogens with one attached hydrogen (secondary N) is 1. The number of carbonyl (C=O) groups is 1. The Morgan fingerprint density at radius 3 is 3.00 bits per heavy atom. The summed E-state index contributed by atoms with van der Waals surface area (Å²) < 4.78 is 5.33. The Bertz CT molecular complexity index is 470. The summed E-state index contributed by atoms with van der Waals surface area (Å²) in [4.78, 5) is 21.7. The van der Waals surface area contributed by atoms with Crippen LogP contribution in [-0.4, -0.2) is 32.1 Å². The summed E-state index contributed by atoms with van der Waals surface area (Å²) >= 11 is 0. The number of pyridine rings is 1. The maximum atomic E-state index is 11.0. The van der Waals surface area contributed by atoms with Gasteiger partial charge in [-0.25, -0.2) is 9.78 Å². The second-order valence-electron chi connectivity index (χ2n) is 3.37. The van der Waals surface area contributed by atoms with Crippen LogP contribution in [0.25, 0.3) is 0 Å². The van der Waals surface area contributed by atoms with Crippen molar-refractivity contribution < 1.29 is 14.6 Å². The van der Waals surface area contributed by atoms with E-state index in [2.05, 4.69) is 15.0 Å². The van der Waals surface area contributed by atoms with E-state index >= 15 is 0 Å². The Kier molecular flexibility index (Phi) is 3.34. The standard InChI is InChI=1S/C11H11N3O3/c15-11(16)9(6-10-13-4-5-14-10)17-8-2-1-3-12-7-8/h1-5,7,9H,6H2,(H,13,14)(H,15,16). The molecule has 2 heterocycles. The van der Waals surface area contributed by atoms with Crippen molar-refractivity contribution >= 4 is 5.97 Å². The highest BCUT2D eigenvalue weighted by molar-refractivity contribution is 5.73. The Morgan fingerprint density at radius 2 is 2.41 bits per heavy atom. The molecule has 6 nitrogen and oxygen atoms in total. The third-order valence-electron chi connectivity index (χ3n) is 2.12. The van der Waals surface area contributed by atoms with Gasteiger partial charge in [0.1, 0.15) is 11.6 Å². The number of ether oxygens (including phenoxy) is 1. The average molecular weight is 233 g/mol. The number of hydrogen-bond donors (Lipinski definition) is 2. The van der Waals surface area contributed by atoms with Gasteiger partial charge in [0.25, 0.3) is 0 Å². The molecule has 0 aliphatic rings. The van der Waals surface area contributed by atoms with Crippen molar-refractivity contribution in [2.75, 3.05) is 0 Å². The molecule has 2 N–H and O–H groups in total. The molecule has 0 aliphatic carbocycles. The van der Waals surface area contributed by atoms with E-state index in [1.807, 2.05) is 0 Å². The third-order valence-corrected chi connectivity index (χ3v) is 2.12. The molecular formula is C11H11N3O3. The number of nitrogens with zero attached hydrogens (tertiary/aromatic N) is 2. The quantitative estimate of drug-likeness (QED) is 0.800. The summed E-state index contributed by atoms with van der Waals surface area (Å²) in [5.41, 5.74) is 0. The maximum absolute atomic E-state index is 11.0. The average Bonchev–Trinajstić information content (AvgIpc) is 2.82. The summed E-state index contributed by atoms with van der Waals surface area (Å²) in [5, 5.41) is 9.05. The highest BCUT2D eigenvalue weighted by Gasteiger charge is 2.21. The monoisotopic (exact) mass is 233 g/mol. The lowest BCUT2D eigenvalue weighted by Gasteiger charge is -2.13. The van der Waals surface area contributed by atoms with Crippen LogP contribution in [0.15, 0.2) is 36.9 Å². The first-order valence-electron chi connectivity index (χ1n) is 5.03. The van der Waals surface area contributed by atoms with E-state index in [-0.39, 0.29) is 6.42 Å². The largest absolute Gasteiger partial charge is 0.478 e. The van der Waals surface area contributed by atoms with E-state index in [0.717, 1.165) is 0 Å². The van der Waals surface area contributed by atoms with E-state index in [1.165, 1.54) is 6.20 Å². The van der Waals surface area contributed by atoms with Gasteiger partial charge in [-0.3, -0.25) is 4.98 Å². The minimum Gasteiger partial charge on any atom is -0.478 e. The first kappa shape index (κ1) is 11.1. The minimum atomic E-state index is -1.04. The smallest absolute Gasteiger partial charge is 0.345 e. The molecule has 2 aromatic rings. The van der Waals surface area contributed by atoms with Crippen LogP contribution in [0.4, 0.5) is 0 Å². The van der Waals surface area contributed by atoms with Crippen molar-refractivity contribution in [3.8, 4) is 5.75 Å². The van der Waals surface area contributed by atoms with Crippen molar-refractivity contribution in [3.05, 3.63) is 42.7 Å². The molecule has 0 bridgehead atoms. The molecule has 6 heteroatoms. The molecule has 1 atom stereocenters. The molecule has 0 radical (unpaired) electrons. The van der Waals surface area contributed by atoms with Crippen LogP contribution >= 0.6 is 0 Å². The zero-order chi connectivity index (χ0) is 12.1. The van der Waals surface area contributed by atoms with Gasteiger partial charge in [-0.1, -0.05) is 0 Å². The van der Waals surface area contributed by atoms with Crippen LogP contribution in [0.5, 0.6) is 5.75 Å². The molecule has 0 fully saturated rings. The minimum absolute atomic E-state index is 0.178. The number of imidazole rings is 1. The normalized spacial score (nSPS) is 12.0. The predicted octanol–water partition coefficient (Wildman–Crippen LogP) is 0.879. The molecular weight excluding hydrogens is 222 g/mol. The summed E-state index contributed by atoms with van der Waals surface area (Å²) in [6.45, 7) is 0. The number of aromatic nitrogens is 3. The molecule has 0 aromatic carbocycles. The van der Waals surface area contributed by atoms with Crippen molar-refractivity contribution in [1.82, 2.24) is 15.0 Å². The predicted molar refractivity (Wildman–Crippen MR) is 58.6 cm³/mol. The highest BCUT2D eigenvalue weighted by Crippen LogP contribution is 2.11. The lowest BCUT2D eigenvalue weighted by Crippen LogP contribution is -2.29. The van der Waals surface area contributed by atoms with E-state index in [0.29, 0.717) is 11.6 Å². The Hall–Kier alpha value is -2.37. The van der Waals surface area contributed by atoms with Crippen LogP contribution in [0.1, 0.15) is 5.82 Å². The number of carboxylic acid groups (broad SMARTS) is 1. The van der Waals surface area contributed by atoms with Crippen LogP contribution in [0.3, 0.4) is 0 Å². The third kappa shape index (κ3) is 3.04. The number of aromatic amines is 1. The molecule has 88 valence electrons. The van der Waals surface area contributed by atoms with Crippen molar-refractivity contribution in [3.63, 3.8) is 0 Å². The topological polar surface area (TPSA) is 88.1 Å². The molecule has 1 unspecified atom stereocenters. The zero-order valence-corrected chi connectivity index (χ0v) is 8.91. The van der Waals surface area contributed by atoms with Crippen molar-refractivity contribution in [2.45, 2.75) is 12.5 Å². The lowest BCUT2D eigenvalue weighted by molar-refractivity contribution is -0.145. The van der Waals surface area contributed by atoms with Crippen LogP contribution in [0.2, 0.25) is 0 Å². The van der Waals surface area contributed by atoms with Crippen molar-refractivity contribution in [1.29, 1.82) is 0 Å². The molecule has 2 aromatic heterocycles. The summed E-state index contributed by atoms with van der Waals surface area (Å²) in [6, 6.07) is 3.34. The van der Waals surface area contributed by atoms with Crippen LogP contribution in [-0.2, 0) is 11.2 Å². The molecule has 2 rings (SSSR count). The van der Waals surface area contributed by atoms with Crippen LogP contribution < -0.4 is 4.74 Å². The summed E-state index contributed by atoms with van der Waals surface area (Å²) in [6.07, 6.45) is 5.46. The highest BCUT2D eigenvalue weighted by atomic mass is 16.5. The van der Waals surface area contributed by atoms with Gasteiger partial charge in [0.2, 0.25) is 6.10 Å². The van der Waals surface area contributed by atoms with Gasteiger partial charge in [-0.2, -0.15) is 0 Å². The molecule has 0 spiro atoms. The second-order valence-corrected chi connectivity index (χ2v) is 3.37. The van der Waals surface area contributed by atoms with Gasteiger partial charge in [-0.05, 0) is 12.1 Å². The summed E-state index contributed by atoms with van der Waals surface area (Å²) in [5.74, 6) is -0.0435. The molecule has 17 heavy (non-hydrogen) atoms. The first-order chi connectivity index (χ1) is 8.25. The number of aliphatic carboxylic acids is 1. The van der Waals surface area contributed by atoms with Gasteiger partial charge in [-0.15, -0.1) is 0 Å². The lowest BCUT2D eigenvalue weighted by atomic mass is 10.2. The molecule has 0 aliphatic heterocycles. The molecule has 0 amide bonds. The fraction of sp³-hybridized carbons (Fsp3) is 0.182. The zero-order valence-electron chi connectivity index (χ0n) is 8.91. The van der Waals surface area contributed by atoms with E-state index in [9.17, 15) is 4.79 Å². The number of H-pyrrole nitrogens is 1. The van der Waals surface area contributed by atoms with E-state index in [1.54, 1.807) is 30.7 Å². The van der Waals surface area contributed by atoms with Gasteiger partial charge in [0.05, 0.1) is 12.6 Å². The number of carboxylic acids is 1. The number of hydrogen-bond acceptors (Lipinski definition) is 4. The fourth-order valence-electron chi connectivity index (χ4n) is 1.35. The SMILES string of the molecule is O=C(O)C(Cc1ncc[nH]1)Oc1cccnc1. The molecule has 0 saturated heterocycles. The molecule has 0 saturated carbocycles. The Labute approximate surface area is 97.3 Å². The first-order valence-corrected chi connectivity index (χ1v) is 5.03. The van der Waals surface area contributed by atoms with Crippen molar-refractivity contribution in [2.24, 2.45) is 0 Å².